The van der Waals surface area contributed by atoms with E-state index in [-0.39, 0.29) is 12.6 Å². The van der Waals surface area contributed by atoms with Gasteiger partial charge in [-0.05, 0) is 46.7 Å². The molecule has 21 heavy (non-hydrogen) atoms. The van der Waals surface area contributed by atoms with Gasteiger partial charge in [0.15, 0.2) is 0 Å². The molecule has 0 amide bonds. The first kappa shape index (κ1) is 13.8. The molecule has 0 heterocycles. The van der Waals surface area contributed by atoms with E-state index in [0.717, 1.165) is 15.4 Å². The van der Waals surface area contributed by atoms with Gasteiger partial charge in [0.25, 0.3) is 0 Å². The first-order valence-electron chi connectivity index (χ1n) is 6.63. The Kier molecular flexibility index (Phi) is 4.02. The second-order valence-electron chi connectivity index (χ2n) is 4.76. The fraction of sp³-hybridized carbons (Fsp3) is 0.0556. The minimum absolute atomic E-state index is 0.278. The molecule has 0 aromatic heterocycles. The van der Waals surface area contributed by atoms with Crippen molar-refractivity contribution in [2.75, 3.05) is 0 Å². The molecule has 0 unspecified atom stereocenters. The standard InChI is InChI=1S/C18H13BrO2/c19-17-9-7-15(8-10-17)18(20)21-12-13-5-6-14-3-1-2-4-16(14)11-13/h1-11H,12H2. The molecule has 0 saturated carbocycles. The Hall–Kier alpha value is -2.13. The summed E-state index contributed by atoms with van der Waals surface area (Å²) in [6.07, 6.45) is 0. The van der Waals surface area contributed by atoms with E-state index in [1.54, 1.807) is 12.1 Å². The zero-order valence-electron chi connectivity index (χ0n) is 11.3. The minimum Gasteiger partial charge on any atom is -0.457 e. The number of hydrogen-bond donors (Lipinski definition) is 0. The second kappa shape index (κ2) is 6.10. The number of ether oxygens (including phenoxy) is 1. The molecule has 0 fully saturated rings. The summed E-state index contributed by atoms with van der Waals surface area (Å²) in [5.41, 5.74) is 1.54. The van der Waals surface area contributed by atoms with Crippen molar-refractivity contribution in [2.45, 2.75) is 6.61 Å². The lowest BCUT2D eigenvalue weighted by atomic mass is 10.1. The van der Waals surface area contributed by atoms with Gasteiger partial charge in [-0.15, -0.1) is 0 Å². The summed E-state index contributed by atoms with van der Waals surface area (Å²) in [4.78, 5) is 12.0. The van der Waals surface area contributed by atoms with Crippen LogP contribution < -0.4 is 0 Å². The lowest BCUT2D eigenvalue weighted by Crippen LogP contribution is -2.04. The molecule has 3 aromatic carbocycles. The molecule has 0 atom stereocenters. The van der Waals surface area contributed by atoms with Crippen LogP contribution in [-0.2, 0) is 11.3 Å². The van der Waals surface area contributed by atoms with E-state index in [4.69, 9.17) is 4.74 Å². The first-order valence-corrected chi connectivity index (χ1v) is 7.42. The third-order valence-corrected chi connectivity index (χ3v) is 3.79. The third-order valence-electron chi connectivity index (χ3n) is 3.26. The van der Waals surface area contributed by atoms with Gasteiger partial charge in [0.1, 0.15) is 6.61 Å². The maximum Gasteiger partial charge on any atom is 0.338 e. The zero-order valence-corrected chi connectivity index (χ0v) is 12.8. The van der Waals surface area contributed by atoms with Crippen LogP contribution >= 0.6 is 15.9 Å². The van der Waals surface area contributed by atoms with Crippen molar-refractivity contribution in [1.29, 1.82) is 0 Å². The van der Waals surface area contributed by atoms with E-state index >= 15 is 0 Å². The van der Waals surface area contributed by atoms with Crippen molar-refractivity contribution >= 4 is 32.7 Å². The van der Waals surface area contributed by atoms with Crippen LogP contribution in [-0.4, -0.2) is 5.97 Å². The summed E-state index contributed by atoms with van der Waals surface area (Å²) in [7, 11) is 0. The highest BCUT2D eigenvalue weighted by Gasteiger charge is 2.07. The molecule has 0 aliphatic heterocycles. The molecular formula is C18H13BrO2. The van der Waals surface area contributed by atoms with Crippen LogP contribution in [0.25, 0.3) is 10.8 Å². The number of fused-ring (bicyclic) bond motifs is 1. The van der Waals surface area contributed by atoms with Gasteiger partial charge in [-0.25, -0.2) is 4.79 Å². The summed E-state index contributed by atoms with van der Waals surface area (Å²) < 4.78 is 6.29. The highest BCUT2D eigenvalue weighted by atomic mass is 79.9. The maximum absolute atomic E-state index is 12.0. The number of rotatable bonds is 3. The topological polar surface area (TPSA) is 26.3 Å². The predicted octanol–water partition coefficient (Wildman–Crippen LogP) is 4.96. The third kappa shape index (κ3) is 3.31. The Morgan fingerprint density at radius 3 is 2.38 bits per heavy atom. The molecule has 0 aliphatic carbocycles. The molecule has 0 spiro atoms. The van der Waals surface area contributed by atoms with E-state index in [9.17, 15) is 4.79 Å². The van der Waals surface area contributed by atoms with E-state index in [1.807, 2.05) is 42.5 Å². The molecule has 3 rings (SSSR count). The number of esters is 1. The van der Waals surface area contributed by atoms with E-state index in [2.05, 4.69) is 28.1 Å². The molecule has 3 heteroatoms. The molecule has 0 radical (unpaired) electrons. The summed E-state index contributed by atoms with van der Waals surface area (Å²) in [6, 6.07) is 21.3. The molecule has 0 N–H and O–H groups in total. The van der Waals surface area contributed by atoms with Gasteiger partial charge in [0.2, 0.25) is 0 Å². The summed E-state index contributed by atoms with van der Waals surface area (Å²) >= 11 is 3.34. The normalized spacial score (nSPS) is 10.5. The monoisotopic (exact) mass is 340 g/mol. The Balaban J connectivity index is 1.71. The lowest BCUT2D eigenvalue weighted by Gasteiger charge is -2.06. The predicted molar refractivity (Wildman–Crippen MR) is 87.2 cm³/mol. The number of carbonyl (C=O) groups excluding carboxylic acids is 1. The minimum atomic E-state index is -0.310. The highest BCUT2D eigenvalue weighted by Crippen LogP contribution is 2.17. The number of carbonyl (C=O) groups is 1. The number of halogens is 1. The van der Waals surface area contributed by atoms with Crippen molar-refractivity contribution in [3.63, 3.8) is 0 Å². The Morgan fingerprint density at radius 2 is 1.62 bits per heavy atom. The largest absolute Gasteiger partial charge is 0.457 e. The summed E-state index contributed by atoms with van der Waals surface area (Å²) in [6.45, 7) is 0.278. The fourth-order valence-electron chi connectivity index (χ4n) is 2.15. The van der Waals surface area contributed by atoms with Crippen molar-refractivity contribution in [3.05, 3.63) is 82.3 Å². The quantitative estimate of drug-likeness (QED) is 0.630. The van der Waals surface area contributed by atoms with Crippen molar-refractivity contribution < 1.29 is 9.53 Å². The second-order valence-corrected chi connectivity index (χ2v) is 5.68. The van der Waals surface area contributed by atoms with Gasteiger partial charge in [-0.3, -0.25) is 0 Å². The lowest BCUT2D eigenvalue weighted by molar-refractivity contribution is 0.0473. The van der Waals surface area contributed by atoms with Crippen molar-refractivity contribution in [2.24, 2.45) is 0 Å². The van der Waals surface area contributed by atoms with Gasteiger partial charge < -0.3 is 4.74 Å². The average molecular weight is 341 g/mol. The van der Waals surface area contributed by atoms with Gasteiger partial charge in [-0.2, -0.15) is 0 Å². The van der Waals surface area contributed by atoms with Crippen LogP contribution in [0.4, 0.5) is 0 Å². The molecule has 0 bridgehead atoms. The van der Waals surface area contributed by atoms with Crippen LogP contribution in [0.5, 0.6) is 0 Å². The van der Waals surface area contributed by atoms with Gasteiger partial charge in [0, 0.05) is 4.47 Å². The zero-order chi connectivity index (χ0) is 14.7. The molecule has 0 aliphatic rings. The Bertz CT molecular complexity index is 779. The van der Waals surface area contributed by atoms with E-state index in [1.165, 1.54) is 5.39 Å². The van der Waals surface area contributed by atoms with Gasteiger partial charge in [-0.1, -0.05) is 52.3 Å². The first-order chi connectivity index (χ1) is 10.2. The van der Waals surface area contributed by atoms with Crippen molar-refractivity contribution in [1.82, 2.24) is 0 Å². The van der Waals surface area contributed by atoms with Crippen LogP contribution in [0.15, 0.2) is 71.2 Å². The van der Waals surface area contributed by atoms with Crippen LogP contribution in [0, 0.1) is 0 Å². The fourth-order valence-corrected chi connectivity index (χ4v) is 2.41. The highest BCUT2D eigenvalue weighted by molar-refractivity contribution is 9.10. The van der Waals surface area contributed by atoms with Gasteiger partial charge in [0.05, 0.1) is 5.56 Å². The maximum atomic E-state index is 12.0. The number of hydrogen-bond acceptors (Lipinski definition) is 2. The smallest absolute Gasteiger partial charge is 0.338 e. The van der Waals surface area contributed by atoms with Gasteiger partial charge >= 0.3 is 5.97 Å². The summed E-state index contributed by atoms with van der Waals surface area (Å²) in [5, 5.41) is 2.33. The molecule has 0 saturated heterocycles. The van der Waals surface area contributed by atoms with E-state index in [0.29, 0.717) is 5.56 Å². The Labute approximate surface area is 131 Å². The summed E-state index contributed by atoms with van der Waals surface area (Å²) in [5.74, 6) is -0.310. The SMILES string of the molecule is O=C(OCc1ccc2ccccc2c1)c1ccc(Br)cc1. The van der Waals surface area contributed by atoms with Crippen LogP contribution in [0.3, 0.4) is 0 Å². The molecule has 104 valence electrons. The molecule has 2 nitrogen and oxygen atoms in total. The average Bonchev–Trinajstić information content (AvgIpc) is 2.53. The number of benzene rings is 3. The molecular weight excluding hydrogens is 328 g/mol. The molecule has 3 aromatic rings. The Morgan fingerprint density at radius 1 is 0.905 bits per heavy atom. The van der Waals surface area contributed by atoms with Crippen LogP contribution in [0.2, 0.25) is 0 Å². The van der Waals surface area contributed by atoms with Crippen LogP contribution in [0.1, 0.15) is 15.9 Å². The van der Waals surface area contributed by atoms with Crippen molar-refractivity contribution in [3.8, 4) is 0 Å². The van der Waals surface area contributed by atoms with E-state index < -0.39 is 0 Å².